The molecule has 3 aromatic heterocycles. The smallest absolute Gasteiger partial charge is 0.259 e. The number of hydrogen-bond donors (Lipinski definition) is 1. The number of thioether (sulfide) groups is 1. The minimum Gasteiger partial charge on any atom is -0.356 e. The molecular weight excluding hydrogens is 422 g/mol. The van der Waals surface area contributed by atoms with E-state index in [4.69, 9.17) is 0 Å². The van der Waals surface area contributed by atoms with Gasteiger partial charge in [0.2, 0.25) is 5.92 Å². The van der Waals surface area contributed by atoms with Gasteiger partial charge in [-0.3, -0.25) is 9.48 Å². The number of amides is 1. The quantitative estimate of drug-likeness (QED) is 0.603. The summed E-state index contributed by atoms with van der Waals surface area (Å²) in [5.41, 5.74) is 3.09. The molecule has 1 saturated heterocycles. The Morgan fingerprint density at radius 3 is 2.87 bits per heavy atom. The molecule has 0 saturated carbocycles. The first-order valence-corrected chi connectivity index (χ1v) is 11.3. The fraction of sp³-hybridized carbons (Fsp3) is 0.429. The average Bonchev–Trinajstić information content (AvgIpc) is 3.00. The molecule has 1 amide bonds. The largest absolute Gasteiger partial charge is 0.356 e. The van der Waals surface area contributed by atoms with Crippen LogP contribution in [0.2, 0.25) is 0 Å². The fourth-order valence-corrected chi connectivity index (χ4v) is 4.38. The van der Waals surface area contributed by atoms with Crippen molar-refractivity contribution in [2.75, 3.05) is 29.6 Å². The average molecular weight is 447 g/mol. The molecule has 0 radical (unpaired) electrons. The second-order valence-electron chi connectivity index (χ2n) is 7.67. The Bertz CT molecular complexity index is 1130. The molecule has 1 N–H and O–H groups in total. The molecule has 0 aliphatic carbocycles. The van der Waals surface area contributed by atoms with Crippen LogP contribution in [0, 0.1) is 6.92 Å². The molecule has 4 rings (SSSR count). The summed E-state index contributed by atoms with van der Waals surface area (Å²) >= 11 is 1.48. The van der Waals surface area contributed by atoms with E-state index >= 15 is 0 Å². The van der Waals surface area contributed by atoms with Crippen molar-refractivity contribution in [3.05, 3.63) is 35.7 Å². The van der Waals surface area contributed by atoms with Crippen molar-refractivity contribution in [1.29, 1.82) is 0 Å². The highest BCUT2D eigenvalue weighted by atomic mass is 32.2. The molecule has 0 atom stereocenters. The van der Waals surface area contributed by atoms with Crippen molar-refractivity contribution in [2.45, 2.75) is 37.1 Å². The Labute approximate surface area is 183 Å². The highest BCUT2D eigenvalue weighted by Crippen LogP contribution is 2.34. The standard InChI is InChI=1S/C21H24F2N6OS/c1-13-17(20(30)26-14-5-8-24-16(11-14)31-3)19(27-15-12-25-28(2)18(13)15)29-9-4-6-21(22,23)7-10-29/h5,8,11-12H,4,6-7,9-10H2,1-3H3,(H,24,26,30). The van der Waals surface area contributed by atoms with Gasteiger partial charge < -0.3 is 10.2 Å². The van der Waals surface area contributed by atoms with Crippen molar-refractivity contribution in [1.82, 2.24) is 19.7 Å². The number of carbonyl (C=O) groups excluding carboxylic acids is 1. The van der Waals surface area contributed by atoms with Crippen molar-refractivity contribution in [3.63, 3.8) is 0 Å². The number of alkyl halides is 2. The molecule has 1 fully saturated rings. The van der Waals surface area contributed by atoms with Crippen LogP contribution in [-0.2, 0) is 7.05 Å². The van der Waals surface area contributed by atoms with Gasteiger partial charge in [0.25, 0.3) is 5.91 Å². The van der Waals surface area contributed by atoms with Gasteiger partial charge in [-0.05, 0) is 37.3 Å². The zero-order chi connectivity index (χ0) is 22.2. The van der Waals surface area contributed by atoms with Crippen LogP contribution >= 0.6 is 11.8 Å². The summed E-state index contributed by atoms with van der Waals surface area (Å²) in [5.74, 6) is -2.61. The third kappa shape index (κ3) is 4.34. The zero-order valence-electron chi connectivity index (χ0n) is 17.7. The molecule has 0 unspecified atom stereocenters. The van der Waals surface area contributed by atoms with Crippen molar-refractivity contribution < 1.29 is 13.6 Å². The van der Waals surface area contributed by atoms with E-state index in [1.54, 1.807) is 41.2 Å². The van der Waals surface area contributed by atoms with Crippen molar-refractivity contribution in [3.8, 4) is 0 Å². The maximum absolute atomic E-state index is 14.0. The van der Waals surface area contributed by atoms with Gasteiger partial charge in [-0.15, -0.1) is 11.8 Å². The normalized spacial score (nSPS) is 16.4. The number of halogens is 2. The van der Waals surface area contributed by atoms with Crippen LogP contribution in [0.4, 0.5) is 20.3 Å². The van der Waals surface area contributed by atoms with E-state index in [-0.39, 0.29) is 25.3 Å². The van der Waals surface area contributed by atoms with Crippen LogP contribution in [0.15, 0.2) is 29.6 Å². The highest BCUT2D eigenvalue weighted by molar-refractivity contribution is 7.98. The van der Waals surface area contributed by atoms with Crippen molar-refractivity contribution in [2.24, 2.45) is 7.05 Å². The van der Waals surface area contributed by atoms with E-state index in [2.05, 4.69) is 20.4 Å². The molecule has 10 heteroatoms. The third-order valence-electron chi connectivity index (χ3n) is 5.55. The highest BCUT2D eigenvalue weighted by Gasteiger charge is 2.34. The lowest BCUT2D eigenvalue weighted by molar-refractivity contribution is -0.0102. The summed E-state index contributed by atoms with van der Waals surface area (Å²) in [6.45, 7) is 2.40. The van der Waals surface area contributed by atoms with E-state index in [0.29, 0.717) is 41.1 Å². The predicted molar refractivity (Wildman–Crippen MR) is 118 cm³/mol. The number of aromatic nitrogens is 4. The molecule has 164 valence electrons. The van der Waals surface area contributed by atoms with E-state index in [0.717, 1.165) is 10.5 Å². The Morgan fingerprint density at radius 1 is 1.29 bits per heavy atom. The number of nitrogens with one attached hydrogen (secondary N) is 1. The Balaban J connectivity index is 1.78. The number of aryl methyl sites for hydroxylation is 2. The van der Waals surface area contributed by atoms with E-state index in [1.165, 1.54) is 11.8 Å². The first-order valence-electron chi connectivity index (χ1n) is 10.1. The van der Waals surface area contributed by atoms with Crippen LogP contribution < -0.4 is 10.2 Å². The minimum absolute atomic E-state index is 0.136. The summed E-state index contributed by atoms with van der Waals surface area (Å²) < 4.78 is 29.6. The van der Waals surface area contributed by atoms with Crippen LogP contribution in [-0.4, -0.2) is 50.9 Å². The molecule has 31 heavy (non-hydrogen) atoms. The summed E-state index contributed by atoms with van der Waals surface area (Å²) in [6.07, 6.45) is 5.09. The van der Waals surface area contributed by atoms with Crippen molar-refractivity contribution >= 4 is 40.2 Å². The van der Waals surface area contributed by atoms with Gasteiger partial charge in [-0.25, -0.2) is 18.7 Å². The summed E-state index contributed by atoms with van der Waals surface area (Å²) in [4.78, 5) is 24.1. The first-order chi connectivity index (χ1) is 14.8. The van der Waals surface area contributed by atoms with Crippen LogP contribution in [0.3, 0.4) is 0 Å². The summed E-state index contributed by atoms with van der Waals surface area (Å²) in [5, 5.41) is 7.97. The van der Waals surface area contributed by atoms with Gasteiger partial charge in [0.1, 0.15) is 11.3 Å². The maximum atomic E-state index is 14.0. The van der Waals surface area contributed by atoms with E-state index in [9.17, 15) is 13.6 Å². The fourth-order valence-electron chi connectivity index (χ4n) is 3.97. The van der Waals surface area contributed by atoms with Gasteiger partial charge in [-0.2, -0.15) is 5.10 Å². The molecule has 0 bridgehead atoms. The summed E-state index contributed by atoms with van der Waals surface area (Å²) in [7, 11) is 1.79. The molecule has 0 aromatic carbocycles. The number of fused-ring (bicyclic) bond motifs is 1. The zero-order valence-corrected chi connectivity index (χ0v) is 18.5. The first kappa shape index (κ1) is 21.5. The molecular formula is C21H24F2N6OS. The van der Waals surface area contributed by atoms with Crippen LogP contribution in [0.5, 0.6) is 0 Å². The Morgan fingerprint density at radius 2 is 2.10 bits per heavy atom. The number of pyridine rings is 2. The molecule has 1 aliphatic heterocycles. The Hall–Kier alpha value is -2.75. The SMILES string of the molecule is CSc1cc(NC(=O)c2c(N3CCCC(F)(F)CC3)nc3cnn(C)c3c2C)ccn1. The van der Waals surface area contributed by atoms with Gasteiger partial charge in [0, 0.05) is 44.9 Å². The van der Waals surface area contributed by atoms with Gasteiger partial charge >= 0.3 is 0 Å². The lowest BCUT2D eigenvalue weighted by atomic mass is 10.1. The lowest BCUT2D eigenvalue weighted by Crippen LogP contribution is -2.30. The Kier molecular flexibility index (Phi) is 5.83. The molecule has 7 nitrogen and oxygen atoms in total. The predicted octanol–water partition coefficient (Wildman–Crippen LogP) is 4.27. The minimum atomic E-state index is -2.70. The maximum Gasteiger partial charge on any atom is 0.259 e. The number of anilines is 2. The summed E-state index contributed by atoms with van der Waals surface area (Å²) in [6, 6.07) is 3.51. The van der Waals surface area contributed by atoms with E-state index < -0.39 is 5.92 Å². The second kappa shape index (κ2) is 8.41. The molecule has 3 aromatic rings. The number of rotatable bonds is 4. The third-order valence-corrected chi connectivity index (χ3v) is 6.19. The number of carbonyl (C=O) groups is 1. The van der Waals surface area contributed by atoms with Crippen LogP contribution in [0.1, 0.15) is 35.2 Å². The van der Waals surface area contributed by atoms with E-state index in [1.807, 2.05) is 13.2 Å². The number of nitrogens with zero attached hydrogens (tertiary/aromatic N) is 5. The van der Waals surface area contributed by atoms with Gasteiger partial charge in [0.05, 0.1) is 22.3 Å². The van der Waals surface area contributed by atoms with Crippen LogP contribution in [0.25, 0.3) is 11.0 Å². The van der Waals surface area contributed by atoms with Gasteiger partial charge in [-0.1, -0.05) is 0 Å². The number of hydrogen-bond acceptors (Lipinski definition) is 6. The lowest BCUT2D eigenvalue weighted by Gasteiger charge is -2.25. The second-order valence-corrected chi connectivity index (χ2v) is 8.50. The molecule has 1 aliphatic rings. The molecule has 0 spiro atoms. The molecule has 4 heterocycles. The monoisotopic (exact) mass is 446 g/mol. The van der Waals surface area contributed by atoms with Gasteiger partial charge in [0.15, 0.2) is 0 Å². The topological polar surface area (TPSA) is 75.9 Å².